The molecule has 0 spiro atoms. The molecule has 1 heterocycles. The number of esters is 1. The highest BCUT2D eigenvalue weighted by Gasteiger charge is 2.19. The van der Waals surface area contributed by atoms with E-state index in [4.69, 9.17) is 18.9 Å². The molecular formula is C23H23NO6S2. The smallest absolute Gasteiger partial charge is 0.339 e. The number of thiazole rings is 1. The van der Waals surface area contributed by atoms with E-state index in [1.165, 1.54) is 45.2 Å². The number of rotatable bonds is 10. The molecule has 0 bridgehead atoms. The molecule has 0 aliphatic rings. The summed E-state index contributed by atoms with van der Waals surface area (Å²) in [5.74, 6) is 0.758. The Kier molecular flexibility index (Phi) is 8.13. The van der Waals surface area contributed by atoms with Gasteiger partial charge in [0, 0.05) is 21.6 Å². The number of carbonyl (C=O) groups is 2. The molecule has 0 atom stereocenters. The van der Waals surface area contributed by atoms with Crippen molar-refractivity contribution < 1.29 is 28.5 Å². The zero-order chi connectivity index (χ0) is 23.1. The zero-order valence-electron chi connectivity index (χ0n) is 18.2. The lowest BCUT2D eigenvalue weighted by Crippen LogP contribution is -2.15. The fourth-order valence-corrected chi connectivity index (χ4v) is 4.57. The Hall–Kier alpha value is -3.04. The summed E-state index contributed by atoms with van der Waals surface area (Å²) in [4.78, 5) is 30.6. The van der Waals surface area contributed by atoms with Crippen LogP contribution in [0.25, 0.3) is 0 Å². The van der Waals surface area contributed by atoms with Crippen molar-refractivity contribution in [2.24, 2.45) is 0 Å². The molecule has 2 aromatic carbocycles. The van der Waals surface area contributed by atoms with Crippen molar-refractivity contribution in [3.63, 3.8) is 0 Å². The quantitative estimate of drug-likeness (QED) is 0.236. The third kappa shape index (κ3) is 5.60. The number of thioether (sulfide) groups is 1. The summed E-state index contributed by atoms with van der Waals surface area (Å²) in [5, 5.41) is 3.00. The third-order valence-corrected chi connectivity index (χ3v) is 6.40. The van der Waals surface area contributed by atoms with Gasteiger partial charge in [0.05, 0.1) is 37.6 Å². The summed E-state index contributed by atoms with van der Waals surface area (Å²) in [5.41, 5.74) is 1.65. The van der Waals surface area contributed by atoms with Crippen LogP contribution in [-0.2, 0) is 10.5 Å². The summed E-state index contributed by atoms with van der Waals surface area (Å²) in [6, 6.07) is 10.2. The van der Waals surface area contributed by atoms with E-state index in [2.05, 4.69) is 4.98 Å². The van der Waals surface area contributed by atoms with Gasteiger partial charge < -0.3 is 18.9 Å². The maximum absolute atomic E-state index is 12.7. The van der Waals surface area contributed by atoms with Crippen LogP contribution in [0.2, 0.25) is 0 Å². The molecule has 3 aromatic rings. The van der Waals surface area contributed by atoms with Gasteiger partial charge in [-0.05, 0) is 31.2 Å². The minimum atomic E-state index is -0.566. The first kappa shape index (κ1) is 23.6. The molecule has 0 aliphatic heterocycles. The number of aromatic nitrogens is 1. The Labute approximate surface area is 194 Å². The van der Waals surface area contributed by atoms with Gasteiger partial charge in [-0.1, -0.05) is 12.1 Å². The molecule has 0 aliphatic carbocycles. The summed E-state index contributed by atoms with van der Waals surface area (Å²) >= 11 is 3.09. The number of aryl methyl sites for hydroxylation is 1. The molecule has 0 radical (unpaired) electrons. The minimum Gasteiger partial charge on any atom is -0.493 e. The number of hydrogen-bond acceptors (Lipinski definition) is 9. The molecule has 0 fully saturated rings. The van der Waals surface area contributed by atoms with Crippen molar-refractivity contribution in [1.82, 2.24) is 4.98 Å². The molecule has 7 nitrogen and oxygen atoms in total. The second-order valence-electron chi connectivity index (χ2n) is 6.56. The predicted octanol–water partition coefficient (Wildman–Crippen LogP) is 4.81. The SMILES string of the molecule is COc1cc(C(=O)COC(=O)c2ccccc2SCc2csc(C)n2)cc(OC)c1OC. The molecule has 9 heteroatoms. The second-order valence-corrected chi connectivity index (χ2v) is 8.64. The molecule has 0 saturated heterocycles. The Morgan fingerprint density at radius 2 is 1.72 bits per heavy atom. The summed E-state index contributed by atoms with van der Waals surface area (Å²) in [6.07, 6.45) is 0. The molecule has 3 rings (SSSR count). The topological polar surface area (TPSA) is 84.0 Å². The van der Waals surface area contributed by atoms with Crippen molar-refractivity contribution in [1.29, 1.82) is 0 Å². The van der Waals surface area contributed by atoms with Gasteiger partial charge in [0.25, 0.3) is 0 Å². The van der Waals surface area contributed by atoms with E-state index >= 15 is 0 Å². The summed E-state index contributed by atoms with van der Waals surface area (Å²) in [7, 11) is 4.41. The lowest BCUT2D eigenvalue weighted by molar-refractivity contribution is 0.0471. The van der Waals surface area contributed by atoms with Crippen molar-refractivity contribution in [2.75, 3.05) is 27.9 Å². The number of hydrogen-bond donors (Lipinski definition) is 0. The monoisotopic (exact) mass is 473 g/mol. The van der Waals surface area contributed by atoms with Crippen LogP contribution in [0.15, 0.2) is 46.7 Å². The number of methoxy groups -OCH3 is 3. The molecule has 0 N–H and O–H groups in total. The lowest BCUT2D eigenvalue weighted by atomic mass is 10.1. The van der Waals surface area contributed by atoms with Crippen molar-refractivity contribution in [3.8, 4) is 17.2 Å². The first-order valence-electron chi connectivity index (χ1n) is 9.60. The van der Waals surface area contributed by atoms with E-state index in [1.807, 2.05) is 24.4 Å². The number of ketones is 1. The third-order valence-electron chi connectivity index (χ3n) is 4.47. The normalized spacial score (nSPS) is 10.5. The van der Waals surface area contributed by atoms with Gasteiger partial charge in [0.1, 0.15) is 0 Å². The number of nitrogens with zero attached hydrogens (tertiary/aromatic N) is 1. The van der Waals surface area contributed by atoms with Gasteiger partial charge in [0.15, 0.2) is 18.1 Å². The van der Waals surface area contributed by atoms with E-state index in [0.29, 0.717) is 28.6 Å². The van der Waals surface area contributed by atoms with Crippen molar-refractivity contribution >= 4 is 34.9 Å². The maximum atomic E-state index is 12.7. The molecule has 0 amide bonds. The van der Waals surface area contributed by atoms with Gasteiger partial charge in [-0.3, -0.25) is 4.79 Å². The first-order chi connectivity index (χ1) is 15.5. The standard InChI is InChI=1S/C23H23NO6S2/c1-14-24-16(12-31-14)13-32-21-8-6-5-7-17(21)23(26)30-11-18(25)15-9-19(27-2)22(29-4)20(10-15)28-3/h5-10,12H,11,13H2,1-4H3. The molecule has 168 valence electrons. The second kappa shape index (κ2) is 11.0. The average Bonchev–Trinajstić information content (AvgIpc) is 3.24. The van der Waals surface area contributed by atoms with Gasteiger partial charge >= 0.3 is 5.97 Å². The van der Waals surface area contributed by atoms with Crippen LogP contribution >= 0.6 is 23.1 Å². The van der Waals surface area contributed by atoms with Gasteiger partial charge in [-0.2, -0.15) is 0 Å². The Morgan fingerprint density at radius 1 is 1.03 bits per heavy atom. The van der Waals surface area contributed by atoms with Crippen LogP contribution < -0.4 is 14.2 Å². The molecule has 32 heavy (non-hydrogen) atoms. The van der Waals surface area contributed by atoms with Crippen LogP contribution in [-0.4, -0.2) is 44.7 Å². The highest BCUT2D eigenvalue weighted by Crippen LogP contribution is 2.38. The fourth-order valence-electron chi connectivity index (χ4n) is 2.92. The number of Topliss-reactive ketones (excluding diaryl/α,β-unsaturated/α-hetero) is 1. The van der Waals surface area contributed by atoms with Gasteiger partial charge in [0.2, 0.25) is 11.5 Å². The summed E-state index contributed by atoms with van der Waals surface area (Å²) in [6.45, 7) is 1.54. The average molecular weight is 474 g/mol. The highest BCUT2D eigenvalue weighted by molar-refractivity contribution is 7.98. The van der Waals surface area contributed by atoms with Crippen LogP contribution in [0.1, 0.15) is 31.4 Å². The van der Waals surface area contributed by atoms with Gasteiger partial charge in [-0.15, -0.1) is 23.1 Å². The van der Waals surface area contributed by atoms with Crippen LogP contribution in [0, 0.1) is 6.92 Å². The first-order valence-corrected chi connectivity index (χ1v) is 11.5. The van der Waals surface area contributed by atoms with Crippen LogP contribution in [0.5, 0.6) is 17.2 Å². The molecular weight excluding hydrogens is 450 g/mol. The molecule has 1 aromatic heterocycles. The van der Waals surface area contributed by atoms with E-state index in [0.717, 1.165) is 15.6 Å². The number of carbonyl (C=O) groups excluding carboxylic acids is 2. The highest BCUT2D eigenvalue weighted by atomic mass is 32.2. The number of benzene rings is 2. The largest absolute Gasteiger partial charge is 0.493 e. The fraction of sp³-hybridized carbons (Fsp3) is 0.261. The van der Waals surface area contributed by atoms with Crippen LogP contribution in [0.3, 0.4) is 0 Å². The Balaban J connectivity index is 1.69. The van der Waals surface area contributed by atoms with Crippen molar-refractivity contribution in [2.45, 2.75) is 17.6 Å². The summed E-state index contributed by atoms with van der Waals surface area (Å²) < 4.78 is 21.1. The van der Waals surface area contributed by atoms with Crippen molar-refractivity contribution in [3.05, 3.63) is 63.6 Å². The molecule has 0 unspecified atom stereocenters. The number of ether oxygens (including phenoxy) is 4. The Bertz CT molecular complexity index is 1090. The van der Waals surface area contributed by atoms with E-state index < -0.39 is 12.6 Å². The predicted molar refractivity (Wildman–Crippen MR) is 124 cm³/mol. The van der Waals surface area contributed by atoms with Crippen LogP contribution in [0.4, 0.5) is 0 Å². The van der Waals surface area contributed by atoms with Gasteiger partial charge in [-0.25, -0.2) is 9.78 Å². The Morgan fingerprint density at radius 3 is 2.31 bits per heavy atom. The van der Waals surface area contributed by atoms with E-state index in [1.54, 1.807) is 23.5 Å². The minimum absolute atomic E-state index is 0.286. The molecule has 0 saturated carbocycles. The maximum Gasteiger partial charge on any atom is 0.339 e. The van der Waals surface area contributed by atoms with E-state index in [-0.39, 0.29) is 11.3 Å². The van der Waals surface area contributed by atoms with E-state index in [9.17, 15) is 9.59 Å². The zero-order valence-corrected chi connectivity index (χ0v) is 19.8. The lowest BCUT2D eigenvalue weighted by Gasteiger charge is -2.14.